The Morgan fingerprint density at radius 3 is 2.57 bits per heavy atom. The van der Waals surface area contributed by atoms with Gasteiger partial charge in [0.25, 0.3) is 5.91 Å². The molecule has 35 heavy (non-hydrogen) atoms. The molecule has 8 nitrogen and oxygen atoms in total. The normalized spacial score (nSPS) is 13.6. The number of amides is 1. The molecule has 1 aliphatic rings. The fraction of sp³-hybridized carbons (Fsp3) is 0.296. The molecule has 184 valence electrons. The summed E-state index contributed by atoms with van der Waals surface area (Å²) in [4.78, 5) is 20.9. The smallest absolute Gasteiger partial charge is 0.254 e. The quantitative estimate of drug-likeness (QED) is 0.257. The van der Waals surface area contributed by atoms with E-state index < -0.39 is 0 Å². The minimum absolute atomic E-state index is 0.105. The SMILES string of the molecule is C=C/C=C\N/C(C=N)=C/N.CC(=N)Cc1cccc(-c2ncc(C(=O)NCC3CCCC3)cn2)c1. The van der Waals surface area contributed by atoms with Gasteiger partial charge in [-0.05, 0) is 43.4 Å². The highest BCUT2D eigenvalue weighted by Gasteiger charge is 2.16. The van der Waals surface area contributed by atoms with Crippen LogP contribution in [0.2, 0.25) is 0 Å². The van der Waals surface area contributed by atoms with Crippen LogP contribution >= 0.6 is 0 Å². The van der Waals surface area contributed by atoms with Crippen LogP contribution in [-0.4, -0.2) is 34.3 Å². The zero-order valence-electron chi connectivity index (χ0n) is 20.3. The van der Waals surface area contributed by atoms with E-state index in [0.717, 1.165) is 23.9 Å². The monoisotopic (exact) mass is 473 g/mol. The summed E-state index contributed by atoms with van der Waals surface area (Å²) in [7, 11) is 0. The summed E-state index contributed by atoms with van der Waals surface area (Å²) < 4.78 is 0. The van der Waals surface area contributed by atoms with E-state index in [2.05, 4.69) is 27.2 Å². The number of rotatable bonds is 10. The van der Waals surface area contributed by atoms with Gasteiger partial charge in [-0.15, -0.1) is 0 Å². The molecule has 1 fully saturated rings. The minimum Gasteiger partial charge on any atom is -0.403 e. The summed E-state index contributed by atoms with van der Waals surface area (Å²) in [6.07, 6.45) is 16.2. The van der Waals surface area contributed by atoms with Crippen molar-refractivity contribution in [1.29, 1.82) is 10.8 Å². The first-order valence-corrected chi connectivity index (χ1v) is 11.7. The molecule has 2 aromatic rings. The van der Waals surface area contributed by atoms with E-state index in [9.17, 15) is 4.79 Å². The van der Waals surface area contributed by atoms with Crippen molar-refractivity contribution in [3.8, 4) is 11.4 Å². The van der Waals surface area contributed by atoms with Crippen molar-refractivity contribution in [3.05, 3.63) is 84.6 Å². The van der Waals surface area contributed by atoms with Gasteiger partial charge in [0, 0.05) is 55.2 Å². The predicted octanol–water partition coefficient (Wildman–Crippen LogP) is 4.37. The Kier molecular flexibility index (Phi) is 11.6. The van der Waals surface area contributed by atoms with E-state index in [-0.39, 0.29) is 5.91 Å². The molecule has 1 aromatic heterocycles. The number of nitrogens with zero attached hydrogens (tertiary/aromatic N) is 2. The maximum absolute atomic E-state index is 12.2. The Hall–Kier alpha value is -4.07. The Morgan fingerprint density at radius 1 is 1.26 bits per heavy atom. The molecule has 0 unspecified atom stereocenters. The lowest BCUT2D eigenvalue weighted by Crippen LogP contribution is -2.28. The van der Waals surface area contributed by atoms with Gasteiger partial charge in [0.05, 0.1) is 11.3 Å². The molecule has 1 heterocycles. The number of aromatic nitrogens is 2. The number of carbonyl (C=O) groups is 1. The van der Waals surface area contributed by atoms with E-state index in [1.54, 1.807) is 37.7 Å². The van der Waals surface area contributed by atoms with Crippen molar-refractivity contribution in [2.45, 2.75) is 39.0 Å². The van der Waals surface area contributed by atoms with Crippen LogP contribution in [0.3, 0.4) is 0 Å². The zero-order valence-corrected chi connectivity index (χ0v) is 20.3. The highest BCUT2D eigenvalue weighted by Crippen LogP contribution is 2.23. The number of nitrogens with one attached hydrogen (secondary N) is 4. The number of hydrogen-bond donors (Lipinski definition) is 5. The summed E-state index contributed by atoms with van der Waals surface area (Å²) >= 11 is 0. The van der Waals surface area contributed by atoms with Crippen molar-refractivity contribution in [2.24, 2.45) is 11.7 Å². The van der Waals surface area contributed by atoms with Crippen LogP contribution in [0.25, 0.3) is 11.4 Å². The van der Waals surface area contributed by atoms with Gasteiger partial charge in [0.1, 0.15) is 0 Å². The number of carbonyl (C=O) groups excluding carboxylic acids is 1. The van der Waals surface area contributed by atoms with Crippen molar-refractivity contribution < 1.29 is 4.79 Å². The summed E-state index contributed by atoms with van der Waals surface area (Å²) in [5.74, 6) is 1.10. The molecule has 0 radical (unpaired) electrons. The molecule has 0 bridgehead atoms. The molecule has 3 rings (SSSR count). The first kappa shape index (κ1) is 27.2. The van der Waals surface area contributed by atoms with E-state index >= 15 is 0 Å². The molecule has 1 saturated carbocycles. The summed E-state index contributed by atoms with van der Waals surface area (Å²) in [5, 5.41) is 20.2. The van der Waals surface area contributed by atoms with E-state index in [4.69, 9.17) is 16.6 Å². The topological polar surface area (TPSA) is 141 Å². The predicted molar refractivity (Wildman–Crippen MR) is 142 cm³/mol. The lowest BCUT2D eigenvalue weighted by Gasteiger charge is -2.10. The van der Waals surface area contributed by atoms with Crippen LogP contribution in [0.1, 0.15) is 48.5 Å². The lowest BCUT2D eigenvalue weighted by atomic mass is 10.1. The number of hydrogen-bond acceptors (Lipinski definition) is 7. The Balaban J connectivity index is 0.000000367. The average molecular weight is 474 g/mol. The molecule has 0 aliphatic heterocycles. The second kappa shape index (κ2) is 15.0. The maximum atomic E-state index is 12.2. The lowest BCUT2D eigenvalue weighted by molar-refractivity contribution is 0.0946. The molecule has 0 spiro atoms. The molecule has 1 aromatic carbocycles. The van der Waals surface area contributed by atoms with E-state index in [1.165, 1.54) is 31.9 Å². The van der Waals surface area contributed by atoms with Gasteiger partial charge in [0.15, 0.2) is 5.82 Å². The Morgan fingerprint density at radius 2 is 1.97 bits per heavy atom. The Bertz CT molecular complexity index is 1050. The van der Waals surface area contributed by atoms with Gasteiger partial charge in [-0.3, -0.25) is 4.79 Å². The number of benzene rings is 1. The van der Waals surface area contributed by atoms with Crippen LogP contribution < -0.4 is 16.4 Å². The van der Waals surface area contributed by atoms with Crippen LogP contribution in [0.4, 0.5) is 0 Å². The zero-order chi connectivity index (χ0) is 25.5. The van der Waals surface area contributed by atoms with Gasteiger partial charge in [0.2, 0.25) is 0 Å². The average Bonchev–Trinajstić information content (AvgIpc) is 3.39. The molecule has 0 atom stereocenters. The summed E-state index contributed by atoms with van der Waals surface area (Å²) in [5.41, 5.74) is 8.76. The maximum Gasteiger partial charge on any atom is 0.254 e. The molecule has 1 amide bonds. The van der Waals surface area contributed by atoms with Crippen molar-refractivity contribution in [3.63, 3.8) is 0 Å². The highest BCUT2D eigenvalue weighted by atomic mass is 16.1. The van der Waals surface area contributed by atoms with Gasteiger partial charge >= 0.3 is 0 Å². The molecule has 8 heteroatoms. The van der Waals surface area contributed by atoms with Crippen molar-refractivity contribution in [2.75, 3.05) is 6.54 Å². The molecule has 6 N–H and O–H groups in total. The fourth-order valence-electron chi connectivity index (χ4n) is 3.62. The van der Waals surface area contributed by atoms with Gasteiger partial charge in [-0.25, -0.2) is 9.97 Å². The second-order valence-corrected chi connectivity index (χ2v) is 8.32. The van der Waals surface area contributed by atoms with Crippen LogP contribution in [-0.2, 0) is 6.42 Å². The third-order valence-corrected chi connectivity index (χ3v) is 5.41. The highest BCUT2D eigenvalue weighted by molar-refractivity contribution is 5.93. The fourth-order valence-corrected chi connectivity index (χ4v) is 3.62. The van der Waals surface area contributed by atoms with Gasteiger partial charge in [-0.1, -0.05) is 43.7 Å². The van der Waals surface area contributed by atoms with Crippen LogP contribution in [0.5, 0.6) is 0 Å². The molecular formula is C27H35N7O. The first-order chi connectivity index (χ1) is 17.0. The largest absolute Gasteiger partial charge is 0.403 e. The minimum atomic E-state index is -0.105. The summed E-state index contributed by atoms with van der Waals surface area (Å²) in [6, 6.07) is 7.87. The summed E-state index contributed by atoms with van der Waals surface area (Å²) in [6.45, 7) is 6.01. The van der Waals surface area contributed by atoms with Crippen molar-refractivity contribution >= 4 is 17.8 Å². The van der Waals surface area contributed by atoms with Gasteiger partial charge < -0.3 is 27.2 Å². The molecule has 1 aliphatic carbocycles. The molecule has 0 saturated heterocycles. The number of nitrogens with two attached hydrogens (primary N) is 1. The third kappa shape index (κ3) is 9.75. The first-order valence-electron chi connectivity index (χ1n) is 11.7. The van der Waals surface area contributed by atoms with Crippen LogP contribution in [0.15, 0.2) is 73.5 Å². The molecular weight excluding hydrogens is 438 g/mol. The second-order valence-electron chi connectivity index (χ2n) is 8.32. The third-order valence-electron chi connectivity index (χ3n) is 5.41. The number of allylic oxidation sites excluding steroid dienone is 3. The van der Waals surface area contributed by atoms with E-state index in [0.29, 0.717) is 35.1 Å². The Labute approximate surface area is 207 Å². The van der Waals surface area contributed by atoms with Crippen molar-refractivity contribution in [1.82, 2.24) is 20.6 Å². The van der Waals surface area contributed by atoms with Gasteiger partial charge in [-0.2, -0.15) is 0 Å². The standard InChI is InChI=1S/C20H24N4O.C7H11N3/c1-14(21)9-16-7-4-8-17(10-16)19-22-12-18(13-23-19)20(25)24-11-15-5-2-3-6-15;1-2-3-4-10-7(5-8)6-9/h4,7-8,10,12-13,15,21H,2-3,5-6,9,11H2,1H3,(H,24,25);2-6,8,10H,1,9H2/b;4-3-,7-6+,8-5?. The van der Waals surface area contributed by atoms with E-state index in [1.807, 2.05) is 24.3 Å². The van der Waals surface area contributed by atoms with Crippen LogP contribution in [0, 0.1) is 16.7 Å².